The van der Waals surface area contributed by atoms with Crippen LogP contribution in [0.5, 0.6) is 11.5 Å². The van der Waals surface area contributed by atoms with Gasteiger partial charge in [-0.3, -0.25) is 4.79 Å². The van der Waals surface area contributed by atoms with Gasteiger partial charge in [0, 0.05) is 5.56 Å². The Morgan fingerprint density at radius 3 is 2.68 bits per heavy atom. The number of unbranched alkanes of at least 4 members (excludes halogenated alkanes) is 1. The lowest BCUT2D eigenvalue weighted by atomic mass is 10.0. The molecule has 0 amide bonds. The molecule has 0 aliphatic carbocycles. The van der Waals surface area contributed by atoms with E-state index in [1.165, 1.54) is 14.2 Å². The first-order valence-corrected chi connectivity index (χ1v) is 7.23. The summed E-state index contributed by atoms with van der Waals surface area (Å²) < 4.78 is 20.8. The number of benzene rings is 1. The molecule has 0 aromatic heterocycles. The number of methoxy groups -OCH3 is 2. The van der Waals surface area contributed by atoms with Crippen LogP contribution in [0.4, 0.5) is 0 Å². The van der Waals surface area contributed by atoms with Crippen LogP contribution in [0.15, 0.2) is 12.1 Å². The van der Waals surface area contributed by atoms with Crippen molar-refractivity contribution in [3.63, 3.8) is 0 Å². The molecular formula is C16H20O6. The zero-order valence-electron chi connectivity index (χ0n) is 13.0. The Morgan fingerprint density at radius 1 is 1.27 bits per heavy atom. The van der Waals surface area contributed by atoms with Gasteiger partial charge in [-0.2, -0.15) is 0 Å². The lowest BCUT2D eigenvalue weighted by Crippen LogP contribution is -2.11. The summed E-state index contributed by atoms with van der Waals surface area (Å²) in [7, 11) is 2.95. The smallest absolute Gasteiger partial charge is 0.343 e. The first-order chi connectivity index (χ1) is 10.6. The van der Waals surface area contributed by atoms with Crippen LogP contribution in [0.25, 0.3) is 0 Å². The summed E-state index contributed by atoms with van der Waals surface area (Å²) in [5.74, 6) is -0.123. The van der Waals surface area contributed by atoms with Crippen molar-refractivity contribution in [3.8, 4) is 11.5 Å². The molecule has 1 aromatic carbocycles. The monoisotopic (exact) mass is 308 g/mol. The van der Waals surface area contributed by atoms with Gasteiger partial charge in [-0.05, 0) is 12.5 Å². The van der Waals surface area contributed by atoms with Gasteiger partial charge in [-0.1, -0.05) is 19.4 Å². The second kappa shape index (κ2) is 7.15. The molecular weight excluding hydrogens is 288 g/mol. The van der Waals surface area contributed by atoms with Crippen LogP contribution in [-0.2, 0) is 14.3 Å². The molecule has 0 spiro atoms. The van der Waals surface area contributed by atoms with E-state index in [-0.39, 0.29) is 12.4 Å². The van der Waals surface area contributed by atoms with Gasteiger partial charge in [0.05, 0.1) is 27.2 Å². The minimum Gasteiger partial charge on any atom is -0.493 e. The first-order valence-electron chi connectivity index (χ1n) is 7.23. The van der Waals surface area contributed by atoms with Crippen LogP contribution in [-0.4, -0.2) is 32.8 Å². The number of hydrogen-bond donors (Lipinski definition) is 0. The Labute approximate surface area is 129 Å². The molecule has 0 saturated carbocycles. The molecule has 120 valence electrons. The molecule has 1 unspecified atom stereocenters. The fraction of sp³-hybridized carbons (Fsp3) is 0.500. The van der Waals surface area contributed by atoms with Gasteiger partial charge in [0.2, 0.25) is 0 Å². The highest BCUT2D eigenvalue weighted by atomic mass is 16.6. The normalized spacial score (nSPS) is 16.0. The molecule has 0 bridgehead atoms. The third-order valence-corrected chi connectivity index (χ3v) is 3.49. The van der Waals surface area contributed by atoms with Crippen LogP contribution >= 0.6 is 0 Å². The Hall–Kier alpha value is -2.24. The highest BCUT2D eigenvalue weighted by Crippen LogP contribution is 2.42. The second-order valence-corrected chi connectivity index (χ2v) is 4.94. The summed E-state index contributed by atoms with van der Waals surface area (Å²) in [5, 5.41) is 0. The largest absolute Gasteiger partial charge is 0.493 e. The Bertz CT molecular complexity index is 566. The number of cyclic esters (lactones) is 1. The highest BCUT2D eigenvalue weighted by molar-refractivity contribution is 5.98. The van der Waals surface area contributed by atoms with Crippen molar-refractivity contribution >= 4 is 11.9 Å². The maximum atomic E-state index is 12.1. The Kier molecular flexibility index (Phi) is 5.25. The lowest BCUT2D eigenvalue weighted by molar-refractivity contribution is -0.145. The fourth-order valence-electron chi connectivity index (χ4n) is 2.36. The highest BCUT2D eigenvalue weighted by Gasteiger charge is 2.37. The van der Waals surface area contributed by atoms with Crippen molar-refractivity contribution in [2.45, 2.75) is 32.3 Å². The van der Waals surface area contributed by atoms with Gasteiger partial charge in [-0.15, -0.1) is 0 Å². The summed E-state index contributed by atoms with van der Waals surface area (Å²) in [6.45, 7) is 2.40. The van der Waals surface area contributed by atoms with Gasteiger partial charge in [-0.25, -0.2) is 4.79 Å². The number of carbonyl (C=O) groups excluding carboxylic acids is 2. The second-order valence-electron chi connectivity index (χ2n) is 4.94. The zero-order valence-corrected chi connectivity index (χ0v) is 13.0. The van der Waals surface area contributed by atoms with Gasteiger partial charge >= 0.3 is 11.9 Å². The third-order valence-electron chi connectivity index (χ3n) is 3.49. The third kappa shape index (κ3) is 3.16. The molecule has 0 N–H and O–H groups in total. The van der Waals surface area contributed by atoms with Crippen molar-refractivity contribution in [2.24, 2.45) is 0 Å². The molecule has 1 aromatic rings. The molecule has 2 rings (SSSR count). The fourth-order valence-corrected chi connectivity index (χ4v) is 2.36. The number of fused-ring (bicyclic) bond motifs is 1. The average molecular weight is 308 g/mol. The Balaban J connectivity index is 2.17. The van der Waals surface area contributed by atoms with E-state index in [4.69, 9.17) is 18.9 Å². The number of hydrogen-bond acceptors (Lipinski definition) is 6. The van der Waals surface area contributed by atoms with Gasteiger partial charge in [0.25, 0.3) is 0 Å². The van der Waals surface area contributed by atoms with Crippen LogP contribution < -0.4 is 9.47 Å². The van der Waals surface area contributed by atoms with Crippen molar-refractivity contribution in [2.75, 3.05) is 20.8 Å². The van der Waals surface area contributed by atoms with E-state index >= 15 is 0 Å². The van der Waals surface area contributed by atoms with E-state index in [1.54, 1.807) is 12.1 Å². The van der Waals surface area contributed by atoms with Crippen LogP contribution in [0.3, 0.4) is 0 Å². The zero-order chi connectivity index (χ0) is 16.1. The van der Waals surface area contributed by atoms with Crippen molar-refractivity contribution in [3.05, 3.63) is 23.3 Å². The molecule has 0 fully saturated rings. The number of esters is 2. The van der Waals surface area contributed by atoms with Gasteiger partial charge in [0.1, 0.15) is 11.7 Å². The quantitative estimate of drug-likeness (QED) is 0.569. The average Bonchev–Trinajstić information content (AvgIpc) is 2.82. The maximum Gasteiger partial charge on any atom is 0.343 e. The molecule has 1 aliphatic heterocycles. The van der Waals surface area contributed by atoms with Crippen molar-refractivity contribution < 1.29 is 28.5 Å². The maximum absolute atomic E-state index is 12.1. The molecule has 6 nitrogen and oxygen atoms in total. The minimum absolute atomic E-state index is 0.00205. The van der Waals surface area contributed by atoms with E-state index < -0.39 is 12.1 Å². The van der Waals surface area contributed by atoms with Crippen LogP contribution in [0, 0.1) is 0 Å². The standard InChI is InChI=1S/C16H20O6/c1-4-5-8-21-13(17)9-12-10-6-7-11(19-2)15(20-3)14(10)16(18)22-12/h6-7,12H,4-5,8-9H2,1-3H3. The summed E-state index contributed by atoms with van der Waals surface area (Å²) >= 11 is 0. The van der Waals surface area contributed by atoms with E-state index in [0.717, 1.165) is 12.8 Å². The minimum atomic E-state index is -0.642. The van der Waals surface area contributed by atoms with E-state index in [9.17, 15) is 9.59 Å². The molecule has 1 aliphatic rings. The van der Waals surface area contributed by atoms with Crippen LogP contribution in [0.1, 0.15) is 48.2 Å². The van der Waals surface area contributed by atoms with Gasteiger partial charge in [0.15, 0.2) is 11.5 Å². The number of carbonyl (C=O) groups is 2. The Morgan fingerprint density at radius 2 is 2.05 bits per heavy atom. The summed E-state index contributed by atoms with van der Waals surface area (Å²) in [4.78, 5) is 23.9. The number of ether oxygens (including phenoxy) is 4. The molecule has 22 heavy (non-hydrogen) atoms. The molecule has 0 saturated heterocycles. The number of rotatable bonds is 7. The van der Waals surface area contributed by atoms with E-state index in [0.29, 0.717) is 29.2 Å². The first kappa shape index (κ1) is 16.1. The lowest BCUT2D eigenvalue weighted by Gasteiger charge is -2.12. The molecule has 1 atom stereocenters. The summed E-state index contributed by atoms with van der Waals surface area (Å²) in [5.41, 5.74) is 0.934. The van der Waals surface area contributed by atoms with E-state index in [2.05, 4.69) is 0 Å². The molecule has 1 heterocycles. The van der Waals surface area contributed by atoms with Crippen molar-refractivity contribution in [1.29, 1.82) is 0 Å². The SMILES string of the molecule is CCCCOC(=O)CC1OC(=O)c2c1ccc(OC)c2OC. The van der Waals surface area contributed by atoms with Gasteiger partial charge < -0.3 is 18.9 Å². The summed E-state index contributed by atoms with van der Waals surface area (Å²) in [6, 6.07) is 3.40. The summed E-state index contributed by atoms with van der Waals surface area (Å²) in [6.07, 6.45) is 1.12. The molecule has 6 heteroatoms. The predicted molar refractivity (Wildman–Crippen MR) is 78.2 cm³/mol. The van der Waals surface area contributed by atoms with Crippen LogP contribution in [0.2, 0.25) is 0 Å². The predicted octanol–water partition coefficient (Wildman–Crippen LogP) is 2.65. The van der Waals surface area contributed by atoms with Crippen molar-refractivity contribution in [1.82, 2.24) is 0 Å². The van der Waals surface area contributed by atoms with E-state index in [1.807, 2.05) is 6.92 Å². The topological polar surface area (TPSA) is 71.1 Å². The molecule has 0 radical (unpaired) electrons.